The molecule has 2 heterocycles. The third kappa shape index (κ3) is 2.86. The number of hydrogen-bond acceptors (Lipinski definition) is 3. The van der Waals surface area contributed by atoms with Gasteiger partial charge in [0.25, 0.3) is 0 Å². The monoisotopic (exact) mass is 254 g/mol. The molecule has 4 nitrogen and oxygen atoms in total. The maximum atomic E-state index is 12.6. The summed E-state index contributed by atoms with van der Waals surface area (Å²) >= 11 is 0. The van der Waals surface area contributed by atoms with Crippen molar-refractivity contribution in [2.24, 2.45) is 29.4 Å². The molecule has 0 saturated carbocycles. The number of nitrogens with zero attached hydrogens (tertiary/aromatic N) is 1. The van der Waals surface area contributed by atoms with Crippen molar-refractivity contribution in [3.8, 4) is 0 Å². The van der Waals surface area contributed by atoms with Crippen LogP contribution in [0, 0.1) is 23.7 Å². The largest absolute Gasteiger partial charge is 0.381 e. The Hall–Kier alpha value is -0.610. The van der Waals surface area contributed by atoms with Crippen molar-refractivity contribution in [3.63, 3.8) is 0 Å². The minimum Gasteiger partial charge on any atom is -0.381 e. The first kappa shape index (κ1) is 13.8. The van der Waals surface area contributed by atoms with Crippen molar-refractivity contribution in [1.29, 1.82) is 0 Å². The van der Waals surface area contributed by atoms with E-state index in [0.29, 0.717) is 30.2 Å². The number of carbonyl (C=O) groups is 1. The lowest BCUT2D eigenvalue weighted by atomic mass is 9.84. The summed E-state index contributed by atoms with van der Waals surface area (Å²) in [5.41, 5.74) is 5.80. The summed E-state index contributed by atoms with van der Waals surface area (Å²) in [6.07, 6.45) is 1.96. The van der Waals surface area contributed by atoms with E-state index >= 15 is 0 Å². The van der Waals surface area contributed by atoms with Crippen molar-refractivity contribution in [2.45, 2.75) is 26.7 Å². The van der Waals surface area contributed by atoms with Gasteiger partial charge in [-0.3, -0.25) is 4.79 Å². The Balaban J connectivity index is 1.96. The van der Waals surface area contributed by atoms with Crippen LogP contribution < -0.4 is 5.73 Å². The van der Waals surface area contributed by atoms with E-state index < -0.39 is 0 Å². The Bertz CT molecular complexity index is 296. The van der Waals surface area contributed by atoms with Crippen LogP contribution in [-0.4, -0.2) is 43.7 Å². The summed E-state index contributed by atoms with van der Waals surface area (Å²) in [6, 6.07) is 0. The molecule has 1 amide bonds. The van der Waals surface area contributed by atoms with Crippen LogP contribution in [-0.2, 0) is 9.53 Å². The molecule has 0 aromatic carbocycles. The quantitative estimate of drug-likeness (QED) is 0.803. The van der Waals surface area contributed by atoms with Gasteiger partial charge in [0.05, 0.1) is 0 Å². The van der Waals surface area contributed by atoms with Gasteiger partial charge >= 0.3 is 0 Å². The second kappa shape index (κ2) is 6.02. The van der Waals surface area contributed by atoms with Crippen LogP contribution in [0.1, 0.15) is 26.7 Å². The first-order valence-corrected chi connectivity index (χ1v) is 7.20. The highest BCUT2D eigenvalue weighted by Crippen LogP contribution is 2.28. The molecule has 0 spiro atoms. The highest BCUT2D eigenvalue weighted by molar-refractivity contribution is 5.79. The average Bonchev–Trinajstić information content (AvgIpc) is 2.39. The Labute approximate surface area is 110 Å². The van der Waals surface area contributed by atoms with Gasteiger partial charge in [-0.25, -0.2) is 0 Å². The van der Waals surface area contributed by atoms with Crippen molar-refractivity contribution >= 4 is 5.91 Å². The van der Waals surface area contributed by atoms with Crippen LogP contribution in [0.3, 0.4) is 0 Å². The number of carbonyl (C=O) groups excluding carboxylic acids is 1. The molecule has 0 bridgehead atoms. The number of amides is 1. The minimum atomic E-state index is 0.158. The fourth-order valence-electron chi connectivity index (χ4n) is 3.14. The second-order valence-electron chi connectivity index (χ2n) is 5.99. The number of piperidine rings is 1. The number of ether oxygens (including phenoxy) is 1. The van der Waals surface area contributed by atoms with E-state index in [2.05, 4.69) is 13.8 Å². The van der Waals surface area contributed by atoms with E-state index in [1.807, 2.05) is 4.90 Å². The molecule has 104 valence electrons. The van der Waals surface area contributed by atoms with Gasteiger partial charge in [-0.1, -0.05) is 13.8 Å². The molecule has 2 rings (SSSR count). The maximum Gasteiger partial charge on any atom is 0.226 e. The molecule has 2 N–H and O–H groups in total. The Morgan fingerprint density at radius 3 is 2.78 bits per heavy atom. The Morgan fingerprint density at radius 1 is 1.33 bits per heavy atom. The smallest absolute Gasteiger partial charge is 0.226 e. The highest BCUT2D eigenvalue weighted by atomic mass is 16.5. The van der Waals surface area contributed by atoms with Crippen molar-refractivity contribution in [2.75, 3.05) is 32.8 Å². The second-order valence-corrected chi connectivity index (χ2v) is 5.99. The highest BCUT2D eigenvalue weighted by Gasteiger charge is 2.35. The van der Waals surface area contributed by atoms with Gasteiger partial charge in [-0.15, -0.1) is 0 Å². The van der Waals surface area contributed by atoms with Crippen LogP contribution in [0.2, 0.25) is 0 Å². The Kier molecular flexibility index (Phi) is 4.62. The van der Waals surface area contributed by atoms with Crippen molar-refractivity contribution in [1.82, 2.24) is 4.90 Å². The van der Waals surface area contributed by atoms with E-state index in [0.717, 1.165) is 39.1 Å². The normalized spacial score (nSPS) is 37.6. The summed E-state index contributed by atoms with van der Waals surface area (Å²) in [4.78, 5) is 14.6. The molecule has 0 aromatic rings. The molecular weight excluding hydrogens is 228 g/mol. The van der Waals surface area contributed by atoms with E-state index in [1.165, 1.54) is 0 Å². The molecule has 0 aliphatic carbocycles. The summed E-state index contributed by atoms with van der Waals surface area (Å²) in [6.45, 7) is 8.26. The number of nitrogens with two attached hydrogens (primary N) is 1. The summed E-state index contributed by atoms with van der Waals surface area (Å²) < 4.78 is 5.42. The van der Waals surface area contributed by atoms with E-state index in [9.17, 15) is 4.79 Å². The van der Waals surface area contributed by atoms with Crippen LogP contribution in [0.15, 0.2) is 0 Å². The van der Waals surface area contributed by atoms with Crippen LogP contribution in [0.4, 0.5) is 0 Å². The lowest BCUT2D eigenvalue weighted by molar-refractivity contribution is -0.143. The van der Waals surface area contributed by atoms with E-state index in [-0.39, 0.29) is 5.92 Å². The topological polar surface area (TPSA) is 55.6 Å². The van der Waals surface area contributed by atoms with E-state index in [4.69, 9.17) is 10.5 Å². The first-order valence-electron chi connectivity index (χ1n) is 7.20. The molecule has 2 aliphatic heterocycles. The van der Waals surface area contributed by atoms with Crippen LogP contribution >= 0.6 is 0 Å². The molecule has 4 heteroatoms. The molecule has 2 saturated heterocycles. The molecular formula is C14H26N2O2. The molecule has 18 heavy (non-hydrogen) atoms. The van der Waals surface area contributed by atoms with Gasteiger partial charge in [0, 0.05) is 32.2 Å². The molecule has 0 radical (unpaired) electrons. The Morgan fingerprint density at radius 2 is 2.11 bits per heavy atom. The average molecular weight is 254 g/mol. The van der Waals surface area contributed by atoms with Crippen LogP contribution in [0.5, 0.6) is 0 Å². The van der Waals surface area contributed by atoms with Gasteiger partial charge < -0.3 is 15.4 Å². The van der Waals surface area contributed by atoms with Crippen molar-refractivity contribution < 1.29 is 9.53 Å². The van der Waals surface area contributed by atoms with Gasteiger partial charge in [-0.2, -0.15) is 0 Å². The standard InChI is InChI=1S/C14H26N2O2/c1-10-3-5-16(8-12(10)7-15)14(17)13-4-6-18-9-11(13)2/h10-13H,3-9,15H2,1-2H3. The number of likely N-dealkylation sites (tertiary alicyclic amines) is 1. The lowest BCUT2D eigenvalue weighted by Crippen LogP contribution is -2.49. The lowest BCUT2D eigenvalue weighted by Gasteiger charge is -2.40. The summed E-state index contributed by atoms with van der Waals surface area (Å²) in [5, 5.41) is 0. The third-order valence-electron chi connectivity index (χ3n) is 4.69. The molecule has 2 fully saturated rings. The zero-order valence-electron chi connectivity index (χ0n) is 11.6. The summed E-state index contributed by atoms with van der Waals surface area (Å²) in [7, 11) is 0. The molecule has 2 aliphatic rings. The zero-order valence-corrected chi connectivity index (χ0v) is 11.6. The fraction of sp³-hybridized carbons (Fsp3) is 0.929. The third-order valence-corrected chi connectivity index (χ3v) is 4.69. The van der Waals surface area contributed by atoms with Gasteiger partial charge in [-0.05, 0) is 37.1 Å². The fourth-order valence-corrected chi connectivity index (χ4v) is 3.14. The predicted molar refractivity (Wildman–Crippen MR) is 71.0 cm³/mol. The number of rotatable bonds is 2. The SMILES string of the molecule is CC1CCN(C(=O)C2CCOCC2C)CC1CN. The zero-order chi connectivity index (χ0) is 13.1. The molecule has 0 aromatic heterocycles. The van der Waals surface area contributed by atoms with Gasteiger partial charge in [0.1, 0.15) is 0 Å². The minimum absolute atomic E-state index is 0.158. The van der Waals surface area contributed by atoms with E-state index in [1.54, 1.807) is 0 Å². The molecule has 4 atom stereocenters. The molecule has 4 unspecified atom stereocenters. The number of hydrogen-bond donors (Lipinski definition) is 1. The van der Waals surface area contributed by atoms with Gasteiger partial charge in [0.15, 0.2) is 0 Å². The summed E-state index contributed by atoms with van der Waals surface area (Å²) in [5.74, 6) is 1.95. The maximum absolute atomic E-state index is 12.6. The van der Waals surface area contributed by atoms with Crippen molar-refractivity contribution in [3.05, 3.63) is 0 Å². The van der Waals surface area contributed by atoms with Crippen LogP contribution in [0.25, 0.3) is 0 Å². The first-order chi connectivity index (χ1) is 8.63. The predicted octanol–water partition coefficient (Wildman–Crippen LogP) is 1.10. The van der Waals surface area contributed by atoms with Gasteiger partial charge in [0.2, 0.25) is 5.91 Å².